The first kappa shape index (κ1) is 16.9. The minimum Gasteiger partial charge on any atom is -0.267 e. The molecule has 1 N–H and O–H groups in total. The Balaban J connectivity index is 2.63. The highest BCUT2D eigenvalue weighted by Crippen LogP contribution is 2.21. The summed E-state index contributed by atoms with van der Waals surface area (Å²) in [4.78, 5) is 15.8. The van der Waals surface area contributed by atoms with Gasteiger partial charge in [0.2, 0.25) is 10.0 Å². The van der Waals surface area contributed by atoms with E-state index in [2.05, 4.69) is 4.98 Å². The van der Waals surface area contributed by atoms with E-state index < -0.39 is 40.7 Å². The van der Waals surface area contributed by atoms with Crippen LogP contribution in [0.4, 0.5) is 13.2 Å². The third-order valence-electron chi connectivity index (χ3n) is 2.23. The summed E-state index contributed by atoms with van der Waals surface area (Å²) in [6.45, 7) is 3.21. The van der Waals surface area contributed by atoms with Crippen LogP contribution in [0.3, 0.4) is 0 Å². The quantitative estimate of drug-likeness (QED) is 0.897. The van der Waals surface area contributed by atoms with Crippen molar-refractivity contribution in [2.24, 2.45) is 0 Å². The zero-order valence-electron chi connectivity index (χ0n) is 10.7. The molecule has 0 saturated carbocycles. The highest BCUT2D eigenvalue weighted by atomic mass is 32.2. The molecule has 0 bridgehead atoms. The number of nitrogens with one attached hydrogen (secondary N) is 1. The maximum absolute atomic E-state index is 11.9. The predicted molar refractivity (Wildman–Crippen MR) is 68.1 cm³/mol. The lowest BCUT2D eigenvalue weighted by molar-refractivity contribution is -0.134. The first-order chi connectivity index (χ1) is 9.00. The second kappa shape index (κ2) is 6.08. The van der Waals surface area contributed by atoms with Crippen molar-refractivity contribution in [1.82, 2.24) is 9.71 Å². The molecule has 0 aromatic carbocycles. The Morgan fingerprint density at radius 1 is 1.35 bits per heavy atom. The number of thiazole rings is 1. The Morgan fingerprint density at radius 3 is 2.40 bits per heavy atom. The number of hydrogen-bond donors (Lipinski definition) is 1. The van der Waals surface area contributed by atoms with Crippen molar-refractivity contribution < 1.29 is 26.4 Å². The van der Waals surface area contributed by atoms with Gasteiger partial charge in [0.15, 0.2) is 0 Å². The van der Waals surface area contributed by atoms with Gasteiger partial charge in [-0.3, -0.25) is 4.79 Å². The number of aromatic nitrogens is 1. The molecule has 0 spiro atoms. The fourth-order valence-corrected chi connectivity index (χ4v) is 3.33. The van der Waals surface area contributed by atoms with Gasteiger partial charge < -0.3 is 0 Å². The van der Waals surface area contributed by atoms with E-state index in [-0.39, 0.29) is 4.88 Å². The Kier molecular flexibility index (Phi) is 5.14. The maximum Gasteiger partial charge on any atom is 0.389 e. The summed E-state index contributed by atoms with van der Waals surface area (Å²) in [5, 5.41) is 0.599. The lowest BCUT2D eigenvalue weighted by Crippen LogP contribution is -2.32. The third kappa shape index (κ3) is 5.45. The van der Waals surface area contributed by atoms with Gasteiger partial charge in [0.1, 0.15) is 4.88 Å². The molecule has 0 aliphatic carbocycles. The number of alkyl halides is 3. The zero-order valence-corrected chi connectivity index (χ0v) is 12.4. The lowest BCUT2D eigenvalue weighted by atomic mass is 10.3. The summed E-state index contributed by atoms with van der Waals surface area (Å²) in [6.07, 6.45) is -6.21. The average molecular weight is 330 g/mol. The first-order valence-corrected chi connectivity index (χ1v) is 8.02. The van der Waals surface area contributed by atoms with Gasteiger partial charge in [0.05, 0.1) is 16.5 Å². The number of aryl methyl sites for hydroxylation is 2. The topological polar surface area (TPSA) is 76.1 Å². The number of amides is 1. The van der Waals surface area contributed by atoms with Crippen LogP contribution in [-0.4, -0.2) is 31.2 Å². The number of nitrogens with zero attached hydrogens (tertiary/aromatic N) is 1. The van der Waals surface area contributed by atoms with Crippen molar-refractivity contribution in [3.8, 4) is 0 Å². The van der Waals surface area contributed by atoms with Crippen LogP contribution in [0, 0.1) is 13.8 Å². The molecule has 0 fully saturated rings. The van der Waals surface area contributed by atoms with Crippen molar-refractivity contribution in [3.05, 3.63) is 15.6 Å². The first-order valence-electron chi connectivity index (χ1n) is 5.56. The predicted octanol–water partition coefficient (Wildman–Crippen LogP) is 2.16. The van der Waals surface area contributed by atoms with Crippen LogP contribution in [0.2, 0.25) is 0 Å². The van der Waals surface area contributed by atoms with Crippen LogP contribution in [0.1, 0.15) is 33.2 Å². The second-order valence-electron chi connectivity index (χ2n) is 4.12. The number of sulfonamides is 1. The SMILES string of the molecule is Cc1nc(C)c(C(=O)NS(=O)(=O)CCCC(F)(F)F)s1. The molecule has 0 saturated heterocycles. The van der Waals surface area contributed by atoms with E-state index in [1.54, 1.807) is 18.6 Å². The fourth-order valence-electron chi connectivity index (χ4n) is 1.44. The third-order valence-corrected chi connectivity index (χ3v) is 4.63. The second-order valence-corrected chi connectivity index (χ2v) is 7.16. The Hall–Kier alpha value is -1.16. The summed E-state index contributed by atoms with van der Waals surface area (Å²) in [5.41, 5.74) is 0.385. The van der Waals surface area contributed by atoms with Gasteiger partial charge in [-0.15, -0.1) is 11.3 Å². The van der Waals surface area contributed by atoms with E-state index in [1.165, 1.54) is 0 Å². The summed E-state index contributed by atoms with van der Waals surface area (Å²) >= 11 is 1.02. The largest absolute Gasteiger partial charge is 0.389 e. The van der Waals surface area contributed by atoms with Gasteiger partial charge >= 0.3 is 6.18 Å². The number of hydrogen-bond acceptors (Lipinski definition) is 5. The molecule has 0 unspecified atom stereocenters. The van der Waals surface area contributed by atoms with E-state index in [1.807, 2.05) is 0 Å². The van der Waals surface area contributed by atoms with Gasteiger partial charge in [0.25, 0.3) is 5.91 Å². The average Bonchev–Trinajstić information content (AvgIpc) is 2.54. The van der Waals surface area contributed by atoms with Crippen molar-refractivity contribution in [2.75, 3.05) is 5.75 Å². The van der Waals surface area contributed by atoms with Crippen LogP contribution in [0.15, 0.2) is 0 Å². The van der Waals surface area contributed by atoms with Crippen LogP contribution in [0.25, 0.3) is 0 Å². The number of carbonyl (C=O) groups excluding carboxylic acids is 1. The highest BCUT2D eigenvalue weighted by molar-refractivity contribution is 7.90. The van der Waals surface area contributed by atoms with Crippen molar-refractivity contribution in [3.63, 3.8) is 0 Å². The van der Waals surface area contributed by atoms with Crippen molar-refractivity contribution in [1.29, 1.82) is 0 Å². The van der Waals surface area contributed by atoms with Gasteiger partial charge in [-0.25, -0.2) is 18.1 Å². The lowest BCUT2D eigenvalue weighted by Gasteiger charge is -2.07. The molecule has 1 aromatic rings. The van der Waals surface area contributed by atoms with E-state index in [0.29, 0.717) is 10.7 Å². The van der Waals surface area contributed by atoms with E-state index in [9.17, 15) is 26.4 Å². The number of carbonyl (C=O) groups is 1. The smallest absolute Gasteiger partial charge is 0.267 e. The zero-order chi connectivity index (χ0) is 15.6. The molecule has 1 aromatic heterocycles. The number of halogens is 3. The molecule has 114 valence electrons. The Bertz CT molecular complexity index is 593. The summed E-state index contributed by atoms with van der Waals surface area (Å²) in [5.74, 6) is -1.62. The molecule has 10 heteroatoms. The van der Waals surface area contributed by atoms with Crippen LogP contribution in [0.5, 0.6) is 0 Å². The molecular weight excluding hydrogens is 317 g/mol. The normalized spacial score (nSPS) is 12.4. The molecule has 0 radical (unpaired) electrons. The summed E-state index contributed by atoms with van der Waals surface area (Å²) in [7, 11) is -4.08. The monoisotopic (exact) mass is 330 g/mol. The van der Waals surface area contributed by atoms with E-state index in [0.717, 1.165) is 11.3 Å². The minimum atomic E-state index is -4.41. The van der Waals surface area contributed by atoms with Gasteiger partial charge in [0, 0.05) is 6.42 Å². The van der Waals surface area contributed by atoms with Crippen LogP contribution >= 0.6 is 11.3 Å². The summed E-state index contributed by atoms with van der Waals surface area (Å²) in [6, 6.07) is 0. The van der Waals surface area contributed by atoms with E-state index >= 15 is 0 Å². The highest BCUT2D eigenvalue weighted by Gasteiger charge is 2.28. The molecule has 0 aliphatic rings. The Labute approximate surface area is 118 Å². The standard InChI is InChI=1S/C10H13F3N2O3S2/c1-6-8(19-7(2)14-6)9(16)15-20(17,18)5-3-4-10(11,12)13/h3-5H2,1-2H3,(H,15,16). The summed E-state index contributed by atoms with van der Waals surface area (Å²) < 4.78 is 60.5. The van der Waals surface area contributed by atoms with Gasteiger partial charge in [-0.05, 0) is 20.3 Å². The molecule has 1 amide bonds. The molecule has 20 heavy (non-hydrogen) atoms. The molecule has 5 nitrogen and oxygen atoms in total. The van der Waals surface area contributed by atoms with Crippen molar-refractivity contribution in [2.45, 2.75) is 32.9 Å². The van der Waals surface area contributed by atoms with Gasteiger partial charge in [-0.2, -0.15) is 13.2 Å². The number of rotatable bonds is 5. The van der Waals surface area contributed by atoms with Crippen LogP contribution in [-0.2, 0) is 10.0 Å². The molecule has 1 rings (SSSR count). The maximum atomic E-state index is 11.9. The van der Waals surface area contributed by atoms with Crippen molar-refractivity contribution >= 4 is 27.3 Å². The van der Waals surface area contributed by atoms with Gasteiger partial charge in [-0.1, -0.05) is 0 Å². The molecule has 1 heterocycles. The molecule has 0 aliphatic heterocycles. The molecule has 0 atom stereocenters. The minimum absolute atomic E-state index is 0.141. The van der Waals surface area contributed by atoms with E-state index in [4.69, 9.17) is 0 Å². The molecular formula is C10H13F3N2O3S2. The fraction of sp³-hybridized carbons (Fsp3) is 0.600. The van der Waals surface area contributed by atoms with Crippen LogP contribution < -0.4 is 4.72 Å². The Morgan fingerprint density at radius 2 is 1.95 bits per heavy atom.